The Morgan fingerprint density at radius 2 is 1.65 bits per heavy atom. The molecule has 1 N–H and O–H groups in total. The lowest BCUT2D eigenvalue weighted by Gasteiger charge is -2.57. The van der Waals surface area contributed by atoms with Gasteiger partial charge >= 0.3 is 0 Å². The fraction of sp³-hybridized carbons (Fsp3) is 0.947. The lowest BCUT2D eigenvalue weighted by atomic mass is 9.49. The minimum atomic E-state index is 0.180. The number of nitrogens with one attached hydrogen (secondary N) is 1. The molecule has 0 radical (unpaired) electrons. The summed E-state index contributed by atoms with van der Waals surface area (Å²) in [4.78, 5) is 14.5. The van der Waals surface area contributed by atoms with Crippen molar-refractivity contribution in [3.05, 3.63) is 0 Å². The van der Waals surface area contributed by atoms with Crippen LogP contribution in [0.5, 0.6) is 0 Å². The molecule has 0 atom stereocenters. The van der Waals surface area contributed by atoms with E-state index in [1.165, 1.54) is 38.5 Å². The Bertz CT molecular complexity index is 409. The van der Waals surface area contributed by atoms with E-state index in [-0.39, 0.29) is 18.6 Å². The SMILES string of the molecule is CN(CC12CC3CC(CC(C3)C1)C2)C(=O)COC1CCNCC1. The highest BCUT2D eigenvalue weighted by molar-refractivity contribution is 5.77. The van der Waals surface area contributed by atoms with Crippen molar-refractivity contribution in [2.45, 2.75) is 57.5 Å². The first-order valence-electron chi connectivity index (χ1n) is 9.68. The molecule has 0 spiro atoms. The second-order valence-corrected chi connectivity index (χ2v) is 8.93. The van der Waals surface area contributed by atoms with Gasteiger partial charge in [-0.25, -0.2) is 0 Å². The van der Waals surface area contributed by atoms with E-state index in [4.69, 9.17) is 4.74 Å². The van der Waals surface area contributed by atoms with Crippen molar-refractivity contribution in [3.8, 4) is 0 Å². The molecule has 4 bridgehead atoms. The Labute approximate surface area is 140 Å². The van der Waals surface area contributed by atoms with Crippen molar-refractivity contribution in [1.82, 2.24) is 10.2 Å². The normalized spacial score (nSPS) is 39.6. The van der Waals surface area contributed by atoms with Gasteiger partial charge in [-0.05, 0) is 87.6 Å². The van der Waals surface area contributed by atoms with Gasteiger partial charge in [0.25, 0.3) is 0 Å². The molecule has 5 rings (SSSR count). The Kier molecular flexibility index (Phi) is 4.39. The molecular weight excluding hydrogens is 288 g/mol. The number of piperidine rings is 1. The predicted molar refractivity (Wildman–Crippen MR) is 90.1 cm³/mol. The summed E-state index contributed by atoms with van der Waals surface area (Å²) in [5.41, 5.74) is 0.438. The van der Waals surface area contributed by atoms with Crippen molar-refractivity contribution in [1.29, 1.82) is 0 Å². The van der Waals surface area contributed by atoms with E-state index in [2.05, 4.69) is 5.32 Å². The maximum atomic E-state index is 12.5. The zero-order chi connectivity index (χ0) is 15.9. The molecule has 4 saturated carbocycles. The number of rotatable bonds is 5. The molecule has 0 unspecified atom stereocenters. The van der Waals surface area contributed by atoms with Crippen LogP contribution in [0.4, 0.5) is 0 Å². The van der Waals surface area contributed by atoms with Gasteiger partial charge in [-0.2, -0.15) is 0 Å². The third kappa shape index (κ3) is 3.43. The van der Waals surface area contributed by atoms with Gasteiger partial charge in [0, 0.05) is 13.6 Å². The van der Waals surface area contributed by atoms with Crippen LogP contribution in [-0.2, 0) is 9.53 Å². The van der Waals surface area contributed by atoms with E-state index in [0.29, 0.717) is 5.41 Å². The van der Waals surface area contributed by atoms with E-state index >= 15 is 0 Å². The molecule has 4 aliphatic carbocycles. The van der Waals surface area contributed by atoms with Gasteiger partial charge in [-0.1, -0.05) is 0 Å². The van der Waals surface area contributed by atoms with Crippen LogP contribution < -0.4 is 5.32 Å². The maximum absolute atomic E-state index is 12.5. The minimum Gasteiger partial charge on any atom is -0.368 e. The summed E-state index contributed by atoms with van der Waals surface area (Å²) in [5.74, 6) is 3.04. The molecular formula is C19H32N2O2. The van der Waals surface area contributed by atoms with Crippen molar-refractivity contribution in [3.63, 3.8) is 0 Å². The largest absolute Gasteiger partial charge is 0.368 e. The number of hydrogen-bond acceptors (Lipinski definition) is 3. The number of carbonyl (C=O) groups is 1. The Morgan fingerprint density at radius 1 is 1.09 bits per heavy atom. The molecule has 1 aliphatic heterocycles. The summed E-state index contributed by atoms with van der Waals surface area (Å²) in [7, 11) is 1.99. The monoisotopic (exact) mass is 320 g/mol. The third-order valence-electron chi connectivity index (χ3n) is 6.89. The fourth-order valence-corrected chi connectivity index (χ4v) is 6.34. The first-order chi connectivity index (χ1) is 11.1. The molecule has 23 heavy (non-hydrogen) atoms. The van der Waals surface area contributed by atoms with Gasteiger partial charge in [-0.15, -0.1) is 0 Å². The smallest absolute Gasteiger partial charge is 0.248 e. The molecule has 130 valence electrons. The van der Waals surface area contributed by atoms with Crippen LogP contribution in [0.2, 0.25) is 0 Å². The molecule has 1 amide bonds. The molecule has 4 nitrogen and oxygen atoms in total. The number of likely N-dealkylation sites (N-methyl/N-ethyl adjacent to an activating group) is 1. The lowest BCUT2D eigenvalue weighted by Crippen LogP contribution is -2.52. The van der Waals surface area contributed by atoms with Gasteiger partial charge < -0.3 is 15.0 Å². The van der Waals surface area contributed by atoms with Crippen LogP contribution in [0.1, 0.15) is 51.4 Å². The van der Waals surface area contributed by atoms with E-state index in [9.17, 15) is 4.79 Å². The van der Waals surface area contributed by atoms with Crippen LogP contribution in [0.15, 0.2) is 0 Å². The standard InChI is InChI=1S/C19H32N2O2/c1-21(18(22)12-23-17-2-4-20-5-3-17)13-19-9-14-6-15(10-19)8-16(7-14)11-19/h14-17,20H,2-13H2,1H3. The van der Waals surface area contributed by atoms with Gasteiger partial charge in [0.05, 0.1) is 6.10 Å². The first-order valence-corrected chi connectivity index (χ1v) is 9.68. The first kappa shape index (κ1) is 15.9. The summed E-state index contributed by atoms with van der Waals surface area (Å²) in [5, 5.41) is 3.34. The van der Waals surface area contributed by atoms with E-state index < -0.39 is 0 Å². The summed E-state index contributed by atoms with van der Waals surface area (Å²) < 4.78 is 5.86. The Balaban J connectivity index is 1.29. The third-order valence-corrected chi connectivity index (χ3v) is 6.89. The summed E-state index contributed by atoms with van der Waals surface area (Å²) in [6.45, 7) is 3.27. The van der Waals surface area contributed by atoms with Gasteiger partial charge in [0.15, 0.2) is 0 Å². The van der Waals surface area contributed by atoms with Crippen LogP contribution in [-0.4, -0.2) is 50.2 Å². The quantitative estimate of drug-likeness (QED) is 0.846. The highest BCUT2D eigenvalue weighted by Crippen LogP contribution is 2.60. The molecule has 1 heterocycles. The molecule has 0 aromatic heterocycles. The fourth-order valence-electron chi connectivity index (χ4n) is 6.34. The van der Waals surface area contributed by atoms with Crippen LogP contribution in [0.3, 0.4) is 0 Å². The highest BCUT2D eigenvalue weighted by atomic mass is 16.5. The van der Waals surface area contributed by atoms with Gasteiger partial charge in [0.1, 0.15) is 6.61 Å². The Hall–Kier alpha value is -0.610. The maximum Gasteiger partial charge on any atom is 0.248 e. The number of amides is 1. The predicted octanol–water partition coefficient (Wildman–Crippen LogP) is 2.43. The van der Waals surface area contributed by atoms with Crippen LogP contribution in [0, 0.1) is 23.2 Å². The van der Waals surface area contributed by atoms with Crippen molar-refractivity contribution >= 4 is 5.91 Å². The van der Waals surface area contributed by atoms with Crippen molar-refractivity contribution < 1.29 is 9.53 Å². The van der Waals surface area contributed by atoms with Crippen molar-refractivity contribution in [2.75, 3.05) is 33.3 Å². The van der Waals surface area contributed by atoms with Gasteiger partial charge in [-0.3, -0.25) is 4.79 Å². The van der Waals surface area contributed by atoms with E-state index in [1.807, 2.05) is 11.9 Å². The summed E-state index contributed by atoms with van der Waals surface area (Å²) in [6, 6.07) is 0. The highest BCUT2D eigenvalue weighted by Gasteiger charge is 2.51. The lowest BCUT2D eigenvalue weighted by molar-refractivity contribution is -0.142. The second kappa shape index (κ2) is 6.36. The number of hydrogen-bond donors (Lipinski definition) is 1. The summed E-state index contributed by atoms with van der Waals surface area (Å²) in [6.07, 6.45) is 10.8. The number of carbonyl (C=O) groups excluding carboxylic acids is 1. The van der Waals surface area contributed by atoms with Gasteiger partial charge in [0.2, 0.25) is 5.91 Å². The molecule has 0 aromatic rings. The van der Waals surface area contributed by atoms with E-state index in [0.717, 1.165) is 50.2 Å². The van der Waals surface area contributed by atoms with Crippen LogP contribution >= 0.6 is 0 Å². The summed E-state index contributed by atoms with van der Waals surface area (Å²) >= 11 is 0. The van der Waals surface area contributed by atoms with Crippen LogP contribution in [0.25, 0.3) is 0 Å². The second-order valence-electron chi connectivity index (χ2n) is 8.93. The number of ether oxygens (including phenoxy) is 1. The zero-order valence-corrected chi connectivity index (χ0v) is 14.6. The molecule has 1 saturated heterocycles. The molecule has 0 aromatic carbocycles. The number of nitrogens with zero attached hydrogens (tertiary/aromatic N) is 1. The minimum absolute atomic E-state index is 0.180. The zero-order valence-electron chi connectivity index (χ0n) is 14.6. The molecule has 5 fully saturated rings. The van der Waals surface area contributed by atoms with E-state index in [1.54, 1.807) is 0 Å². The molecule has 4 heteroatoms. The Morgan fingerprint density at radius 3 is 2.22 bits per heavy atom. The average Bonchev–Trinajstić information content (AvgIpc) is 2.51. The molecule has 5 aliphatic rings. The average molecular weight is 320 g/mol. The topological polar surface area (TPSA) is 41.6 Å². The van der Waals surface area contributed by atoms with Crippen molar-refractivity contribution in [2.24, 2.45) is 23.2 Å².